The van der Waals surface area contributed by atoms with E-state index in [9.17, 15) is 0 Å². The smallest absolute Gasteiger partial charge is 0.0455 e. The Morgan fingerprint density at radius 1 is 0.363 bits per heavy atom. The molecule has 33 heteroatoms. The predicted molar refractivity (Wildman–Crippen MR) is 625 cm³/mol. The number of aryl methyl sites for hydroxylation is 2. The van der Waals surface area contributed by atoms with Crippen LogP contribution in [0.2, 0.25) is 29.6 Å². The summed E-state index contributed by atoms with van der Waals surface area (Å²) in [7, 11) is 35.9. The molecule has 17 unspecified atom stereocenters. The summed E-state index contributed by atoms with van der Waals surface area (Å²) in [6.07, 6.45) is 35.1. The Morgan fingerprint density at radius 3 is 1.00 bits per heavy atom. The van der Waals surface area contributed by atoms with E-state index in [2.05, 4.69) is 371 Å². The minimum atomic E-state index is -2.17. The first-order valence-corrected chi connectivity index (χ1v) is 105. The maximum Gasteiger partial charge on any atom is 0.0455 e. The van der Waals surface area contributed by atoms with Crippen molar-refractivity contribution in [2.75, 3.05) is 0 Å². The van der Waals surface area contributed by atoms with Gasteiger partial charge in [0.2, 0.25) is 0 Å². The summed E-state index contributed by atoms with van der Waals surface area (Å²) >= 11 is 18.4. The van der Waals surface area contributed by atoms with Crippen molar-refractivity contribution in [3.63, 3.8) is 0 Å². The van der Waals surface area contributed by atoms with Gasteiger partial charge in [0, 0.05) is 48.4 Å². The van der Waals surface area contributed by atoms with Crippen LogP contribution in [-0.2, 0) is 25.7 Å². The Hall–Kier alpha value is 8.15. The number of unbranched alkanes of at least 4 members (excludes halogenated alkanes) is 4. The Balaban J connectivity index is 0.000000225. The van der Waals surface area contributed by atoms with E-state index in [4.69, 9.17) is 0 Å². The van der Waals surface area contributed by atoms with Crippen molar-refractivity contribution in [3.05, 3.63) is 132 Å². The second kappa shape index (κ2) is 55.0. The summed E-state index contributed by atoms with van der Waals surface area (Å²) in [6.45, 7) is 24.3. The van der Waals surface area contributed by atoms with Crippen LogP contribution in [0.4, 0.5) is 0 Å². The molecule has 0 aliphatic rings. The van der Waals surface area contributed by atoms with Crippen LogP contribution in [0.5, 0.6) is 0 Å². The Kier molecular flexibility index (Phi) is 52.6. The van der Waals surface area contributed by atoms with E-state index in [1.54, 1.807) is 91.1 Å². The van der Waals surface area contributed by atoms with Crippen LogP contribution in [0.15, 0.2) is 80.4 Å². The van der Waals surface area contributed by atoms with E-state index in [1.807, 2.05) is 22.7 Å². The first-order chi connectivity index (χ1) is 53.7. The Labute approximate surface area is 780 Å². The molecule has 0 spiro atoms. The standard InChI is InChI=1S/C38H48S4.C26H36S2.C10H6Br2S2.6CH3.H23P21.2Sn/c1-7-11-13-27(9-3)22-32-31-21-26(6)40-37(31)33(23-28(10-4)14-12-8-2)34-24-36(42-38(32)34)35-20-19-30(41-35)18-17-29-16-15-25(5)39-29;1-5-9-11-19(7-3)17-23-21-13-15-28-26(21)24(22-14-16-27-25(22)23)18-20(8-4)12-10-6-2;11-9-5-3-7(13-9)1-2-8-4-6-10(12)14-8;;;;;;;1-12-18(13(2)3)21(19(14(4)5)15(6)7)20(16(8)9)17(10)11;;/h15-21,24,27-28H,7-14,22-23H2,1-6H3;13-14,19-20H,5-12,17-18H2,1-4H3;1-6H;6*1H3;12H,1-11H2;;/b18-17+;;2-1+;;;;;;;;;. The molecule has 0 saturated heterocycles. The number of benzene rings is 2. The molecule has 0 bridgehead atoms. The number of rotatable bonds is 40. The normalized spacial score (nSPS) is 14.1. The average molecular weight is 2400 g/mol. The Bertz CT molecular complexity index is 4260. The fourth-order valence-corrected chi connectivity index (χ4v) is 286. The Morgan fingerprint density at radius 2 is 0.690 bits per heavy atom. The van der Waals surface area contributed by atoms with Crippen LogP contribution in [0.1, 0.15) is 210 Å². The molecule has 0 saturated carbocycles. The molecule has 0 fully saturated rings. The summed E-state index contributed by atoms with van der Waals surface area (Å²) in [5.41, 5.74) is 6.74. The van der Waals surface area contributed by atoms with Crippen molar-refractivity contribution < 1.29 is 0 Å². The molecule has 8 heterocycles. The predicted octanol–water partition coefficient (Wildman–Crippen LogP) is 42.4. The molecule has 0 nitrogen and oxygen atoms in total. The third kappa shape index (κ3) is 33.4. The molecule has 10 rings (SSSR count). The van der Waals surface area contributed by atoms with E-state index in [-0.39, 0.29) is 62.9 Å². The van der Waals surface area contributed by atoms with Crippen LogP contribution in [0.25, 0.3) is 74.4 Å². The zero-order valence-electron chi connectivity index (χ0n) is 69.6. The quantitative estimate of drug-likeness (QED) is 0.0265. The molecule has 626 valence electrons. The monoisotopic (exact) mass is 2400 g/mol. The van der Waals surface area contributed by atoms with Crippen LogP contribution >= 0.6 is 292 Å². The van der Waals surface area contributed by atoms with Crippen molar-refractivity contribution in [3.8, 4) is 9.75 Å². The minimum Gasteiger partial charge on any atom is -0.141 e. The maximum atomic E-state index is 3.44. The van der Waals surface area contributed by atoms with Crippen molar-refractivity contribution in [2.45, 2.75) is 227 Å². The first kappa shape index (κ1) is 108. The average Bonchev–Trinajstić information content (AvgIpc) is 1.57. The molecule has 2 aromatic carbocycles. The largest absolute Gasteiger partial charge is 0.141 e. The summed E-state index contributed by atoms with van der Waals surface area (Å²) in [6, 6.07) is 28.0. The van der Waals surface area contributed by atoms with Crippen molar-refractivity contribution >= 4 is 399 Å². The van der Waals surface area contributed by atoms with Crippen LogP contribution < -0.4 is 5.79 Å². The van der Waals surface area contributed by atoms with Gasteiger partial charge in [0.25, 0.3) is 0 Å². The van der Waals surface area contributed by atoms with E-state index in [1.165, 1.54) is 175 Å². The molecular formula is C80H131Br2P21S8Sn2. The van der Waals surface area contributed by atoms with Crippen LogP contribution in [-0.4, -0.2) is 36.8 Å². The van der Waals surface area contributed by atoms with Crippen molar-refractivity contribution in [1.29, 1.82) is 0 Å². The molecular weight excluding hydrogens is 2270 g/mol. The zero-order valence-corrected chi connectivity index (χ0v) is 107. The second-order valence-electron chi connectivity index (χ2n) is 31.3. The van der Waals surface area contributed by atoms with Gasteiger partial charge < -0.3 is 0 Å². The number of thiophene rings is 8. The van der Waals surface area contributed by atoms with Crippen LogP contribution in [0, 0.1) is 37.5 Å². The molecule has 0 aliphatic carbocycles. The third-order valence-electron chi connectivity index (χ3n) is 20.4. The zero-order chi connectivity index (χ0) is 83.2. The fourth-order valence-electron chi connectivity index (χ4n) is 13.9. The number of fused-ring (bicyclic) bond motifs is 4. The molecule has 10 aromatic rings. The van der Waals surface area contributed by atoms with Crippen molar-refractivity contribution in [1.82, 2.24) is 0 Å². The molecule has 0 amide bonds. The number of halogens is 2. The first-order valence-electron chi connectivity index (χ1n) is 39.8. The van der Waals surface area contributed by atoms with Crippen LogP contribution in [0.3, 0.4) is 0 Å². The molecule has 8 aromatic heterocycles. The van der Waals surface area contributed by atoms with Gasteiger partial charge in [-0.05, 0) is 240 Å². The van der Waals surface area contributed by atoms with E-state index >= 15 is 0 Å². The SMILES string of the molecule is Brc1ccc(/C=C/c2ccc(Br)s2)s1.CCCCC(CC)Cc1c2c[c]([Sn]([CH3])([CH3])[CH3])sc2c(CC(CC)CCCC)c2c[c]([Sn]([CH3])([CH3])[CH3])sc12.CCCCC(CC)Cc1c2cc(-c3ccc(/C=C/c4ccc(C)s4)s3)sc2c(CC(CC)CCCC)c2cc(C)sc12.PPP(P(P)P)P(P(P(P)P)P(P)P)P(P(P)P)P(P)P. The topological polar surface area (TPSA) is 0 Å². The molecule has 0 aliphatic heterocycles. The van der Waals surface area contributed by atoms with Gasteiger partial charge >= 0.3 is 242 Å². The minimum absolute atomic E-state index is 0.0296. The second-order valence-corrected chi connectivity index (χ2v) is 155. The maximum absolute atomic E-state index is 3.44. The van der Waals surface area contributed by atoms with Gasteiger partial charge in [-0.3, -0.25) is 0 Å². The van der Waals surface area contributed by atoms with Gasteiger partial charge in [0.05, 0.1) is 7.57 Å². The summed E-state index contributed by atoms with van der Waals surface area (Å²) < 4.78 is 12.4. The summed E-state index contributed by atoms with van der Waals surface area (Å²) in [4.78, 5) is 26.5. The van der Waals surface area contributed by atoms with E-state index in [0.29, 0.717) is 0 Å². The van der Waals surface area contributed by atoms with Crippen molar-refractivity contribution in [2.24, 2.45) is 23.7 Å². The molecule has 17 atom stereocenters. The van der Waals surface area contributed by atoms with Gasteiger partial charge in [0.1, 0.15) is 0 Å². The fraction of sp³-hybridized carbons (Fsp3) is 0.500. The van der Waals surface area contributed by atoms with Gasteiger partial charge in [-0.25, -0.2) is 0 Å². The number of hydrogen-bond acceptors (Lipinski definition) is 8. The van der Waals surface area contributed by atoms with Gasteiger partial charge in [0.15, 0.2) is 0 Å². The van der Waals surface area contributed by atoms with Gasteiger partial charge in [-0.1, -0.05) is 87.0 Å². The van der Waals surface area contributed by atoms with Gasteiger partial charge in [-0.2, -0.15) is 0 Å². The van der Waals surface area contributed by atoms with E-state index < -0.39 is 36.8 Å². The third-order valence-corrected chi connectivity index (χ3v) is 181. The summed E-state index contributed by atoms with van der Waals surface area (Å²) in [5, 5.41) is 6.46. The molecule has 113 heavy (non-hydrogen) atoms. The van der Waals surface area contributed by atoms with E-state index in [0.717, 1.165) is 31.6 Å². The van der Waals surface area contributed by atoms with Gasteiger partial charge in [-0.15, -0.1) is 166 Å². The molecule has 0 radical (unpaired) electrons. The molecule has 0 N–H and O–H groups in total. The number of hydrogen-bond donors (Lipinski definition) is 0. The summed E-state index contributed by atoms with van der Waals surface area (Å²) in [5.74, 6) is 3.17.